The summed E-state index contributed by atoms with van der Waals surface area (Å²) in [5.74, 6) is 2.63. The second-order valence-electron chi connectivity index (χ2n) is 9.27. The van der Waals surface area contributed by atoms with Gasteiger partial charge in [0.15, 0.2) is 5.82 Å². The van der Waals surface area contributed by atoms with Crippen molar-refractivity contribution in [2.45, 2.75) is 31.7 Å². The Morgan fingerprint density at radius 2 is 1.91 bits per heavy atom. The van der Waals surface area contributed by atoms with Crippen molar-refractivity contribution in [3.8, 4) is 5.75 Å². The van der Waals surface area contributed by atoms with E-state index in [0.717, 1.165) is 49.7 Å². The number of fused-ring (bicyclic) bond motifs is 1. The van der Waals surface area contributed by atoms with Gasteiger partial charge in [0, 0.05) is 39.6 Å². The number of rotatable bonds is 6. The van der Waals surface area contributed by atoms with E-state index >= 15 is 0 Å². The maximum absolute atomic E-state index is 13.3. The van der Waals surface area contributed by atoms with Gasteiger partial charge in [0.25, 0.3) is 0 Å². The van der Waals surface area contributed by atoms with Gasteiger partial charge in [0.2, 0.25) is 11.8 Å². The van der Waals surface area contributed by atoms with Crippen molar-refractivity contribution in [3.63, 3.8) is 0 Å². The minimum absolute atomic E-state index is 0.139. The number of carbonyl (C=O) groups excluding carboxylic acids is 1. The molecular weight excluding hydrogens is 416 g/mol. The lowest BCUT2D eigenvalue weighted by atomic mass is 9.72. The molecule has 3 heterocycles. The third kappa shape index (κ3) is 4.37. The third-order valence-electron chi connectivity index (χ3n) is 7.08. The molecule has 2 aromatic carbocycles. The highest BCUT2D eigenvalue weighted by atomic mass is 16.5. The molecule has 5 rings (SSSR count). The molecule has 2 aliphatic rings. The Balaban J connectivity index is 1.36. The first kappa shape index (κ1) is 21.6. The Bertz CT molecular complexity index is 1100. The van der Waals surface area contributed by atoms with Gasteiger partial charge in [-0.05, 0) is 35.6 Å². The van der Waals surface area contributed by atoms with E-state index in [1.54, 1.807) is 7.11 Å². The summed E-state index contributed by atoms with van der Waals surface area (Å²) in [6, 6.07) is 18.2. The number of nitrogens with zero attached hydrogens (tertiary/aromatic N) is 4. The second kappa shape index (κ2) is 8.98. The molecule has 0 saturated carbocycles. The highest BCUT2D eigenvalue weighted by molar-refractivity contribution is 5.79. The summed E-state index contributed by atoms with van der Waals surface area (Å²) >= 11 is 0. The maximum Gasteiger partial charge on any atom is 0.227 e. The zero-order chi connectivity index (χ0) is 22.8. The first-order chi connectivity index (χ1) is 16.1. The first-order valence-corrected chi connectivity index (χ1v) is 11.5. The largest absolute Gasteiger partial charge is 0.497 e. The molecule has 33 heavy (non-hydrogen) atoms. The summed E-state index contributed by atoms with van der Waals surface area (Å²) < 4.78 is 10.6. The van der Waals surface area contributed by atoms with Gasteiger partial charge >= 0.3 is 0 Å². The molecule has 2 saturated heterocycles. The van der Waals surface area contributed by atoms with Crippen LogP contribution in [0.3, 0.4) is 0 Å². The van der Waals surface area contributed by atoms with Crippen molar-refractivity contribution in [2.24, 2.45) is 5.92 Å². The summed E-state index contributed by atoms with van der Waals surface area (Å²) in [7, 11) is 1.64. The van der Waals surface area contributed by atoms with Crippen molar-refractivity contribution >= 4 is 5.91 Å². The predicted octanol–water partition coefficient (Wildman–Crippen LogP) is 3.23. The van der Waals surface area contributed by atoms with Crippen LogP contribution in [0.1, 0.15) is 29.3 Å². The van der Waals surface area contributed by atoms with E-state index in [2.05, 4.69) is 39.3 Å². The van der Waals surface area contributed by atoms with Crippen LogP contribution in [0.2, 0.25) is 0 Å². The number of methoxy groups -OCH3 is 1. The van der Waals surface area contributed by atoms with Gasteiger partial charge in [-0.1, -0.05) is 47.6 Å². The van der Waals surface area contributed by atoms with Crippen LogP contribution in [0.5, 0.6) is 5.75 Å². The summed E-state index contributed by atoms with van der Waals surface area (Å²) in [5, 5.41) is 4.35. The molecule has 1 aromatic heterocycles. The van der Waals surface area contributed by atoms with Crippen LogP contribution in [0.25, 0.3) is 0 Å². The van der Waals surface area contributed by atoms with Crippen LogP contribution in [-0.2, 0) is 23.2 Å². The Labute approximate surface area is 194 Å². The minimum Gasteiger partial charge on any atom is -0.497 e. The van der Waals surface area contributed by atoms with E-state index < -0.39 is 0 Å². The number of aryl methyl sites for hydroxylation is 1. The van der Waals surface area contributed by atoms with Gasteiger partial charge in [-0.3, -0.25) is 9.69 Å². The molecule has 2 fully saturated rings. The number of ether oxygens (including phenoxy) is 1. The average molecular weight is 447 g/mol. The number of hydrogen-bond acceptors (Lipinski definition) is 6. The monoisotopic (exact) mass is 446 g/mol. The normalized spacial score (nSPS) is 22.8. The van der Waals surface area contributed by atoms with Crippen molar-refractivity contribution in [2.75, 3.05) is 33.3 Å². The fourth-order valence-electron chi connectivity index (χ4n) is 5.39. The zero-order valence-electron chi connectivity index (χ0n) is 19.2. The molecule has 7 nitrogen and oxygen atoms in total. The number of amides is 1. The molecule has 0 N–H and O–H groups in total. The van der Waals surface area contributed by atoms with E-state index in [0.29, 0.717) is 24.8 Å². The zero-order valence-corrected chi connectivity index (χ0v) is 19.2. The van der Waals surface area contributed by atoms with Gasteiger partial charge in [0.05, 0.1) is 18.9 Å². The molecule has 0 aliphatic carbocycles. The summed E-state index contributed by atoms with van der Waals surface area (Å²) in [5.41, 5.74) is 1.98. The van der Waals surface area contributed by atoms with Crippen LogP contribution in [-0.4, -0.2) is 59.1 Å². The number of piperidine rings is 1. The molecule has 1 amide bonds. The van der Waals surface area contributed by atoms with Crippen molar-refractivity contribution in [3.05, 3.63) is 77.4 Å². The van der Waals surface area contributed by atoms with Crippen LogP contribution >= 0.6 is 0 Å². The van der Waals surface area contributed by atoms with Crippen LogP contribution in [0.4, 0.5) is 0 Å². The topological polar surface area (TPSA) is 71.7 Å². The number of carbonyl (C=O) groups is 1. The van der Waals surface area contributed by atoms with E-state index in [1.807, 2.05) is 42.2 Å². The molecule has 0 radical (unpaired) electrons. The SMILES string of the molecule is COc1ccc(CC(=O)N2CC[C@H]3CN(Cc4ccccc4)C[C@@]3(c3noc(C)n3)C2)cc1. The molecule has 172 valence electrons. The molecule has 0 unspecified atom stereocenters. The molecule has 0 spiro atoms. The van der Waals surface area contributed by atoms with Crippen molar-refractivity contribution in [1.29, 1.82) is 0 Å². The van der Waals surface area contributed by atoms with E-state index in [4.69, 9.17) is 9.26 Å². The smallest absolute Gasteiger partial charge is 0.227 e. The maximum atomic E-state index is 13.3. The molecular formula is C26H30N4O3. The van der Waals surface area contributed by atoms with Crippen molar-refractivity contribution in [1.82, 2.24) is 19.9 Å². The summed E-state index contributed by atoms with van der Waals surface area (Å²) in [4.78, 5) is 22.4. The minimum atomic E-state index is -0.305. The Hall–Kier alpha value is -3.19. The predicted molar refractivity (Wildman–Crippen MR) is 124 cm³/mol. The molecule has 2 atom stereocenters. The first-order valence-electron chi connectivity index (χ1n) is 11.5. The van der Waals surface area contributed by atoms with Gasteiger partial charge in [-0.15, -0.1) is 0 Å². The van der Waals surface area contributed by atoms with Crippen LogP contribution < -0.4 is 4.74 Å². The molecule has 0 bridgehead atoms. The van der Waals surface area contributed by atoms with Gasteiger partial charge in [0.1, 0.15) is 5.75 Å². The lowest BCUT2D eigenvalue weighted by molar-refractivity contribution is -0.133. The second-order valence-corrected chi connectivity index (χ2v) is 9.27. The molecule has 7 heteroatoms. The number of aromatic nitrogens is 2. The van der Waals surface area contributed by atoms with Gasteiger partial charge in [-0.25, -0.2) is 0 Å². The van der Waals surface area contributed by atoms with Gasteiger partial charge in [-0.2, -0.15) is 4.98 Å². The fraction of sp³-hybridized carbons (Fsp3) is 0.423. The Morgan fingerprint density at radius 3 is 2.61 bits per heavy atom. The number of hydrogen-bond donors (Lipinski definition) is 0. The number of benzene rings is 2. The Morgan fingerprint density at radius 1 is 1.12 bits per heavy atom. The Kier molecular flexibility index (Phi) is 5.89. The van der Waals surface area contributed by atoms with Crippen LogP contribution in [0, 0.1) is 12.8 Å². The highest BCUT2D eigenvalue weighted by Crippen LogP contribution is 2.44. The van der Waals surface area contributed by atoms with E-state index in [9.17, 15) is 4.79 Å². The third-order valence-corrected chi connectivity index (χ3v) is 7.08. The summed E-state index contributed by atoms with van der Waals surface area (Å²) in [6.45, 7) is 5.89. The van der Waals surface area contributed by atoms with Gasteiger partial charge < -0.3 is 14.2 Å². The fourth-order valence-corrected chi connectivity index (χ4v) is 5.39. The van der Waals surface area contributed by atoms with E-state index in [1.165, 1.54) is 5.56 Å². The standard InChI is InChI=1S/C26H30N4O3/c1-19-27-25(28-33-19)26-17-29(15-21-6-4-3-5-7-21)16-22(26)12-13-30(18-26)24(31)14-20-8-10-23(32-2)11-9-20/h3-11,22H,12-18H2,1-2H3/t22-,26+/m0/s1. The average Bonchev–Trinajstić information content (AvgIpc) is 3.43. The molecule has 3 aromatic rings. The summed E-state index contributed by atoms with van der Waals surface area (Å²) in [6.07, 6.45) is 1.32. The lowest BCUT2D eigenvalue weighted by Gasteiger charge is -2.42. The van der Waals surface area contributed by atoms with E-state index in [-0.39, 0.29) is 11.3 Å². The quantitative estimate of drug-likeness (QED) is 0.579. The van der Waals surface area contributed by atoms with Crippen molar-refractivity contribution < 1.29 is 14.1 Å². The molecule has 2 aliphatic heterocycles. The van der Waals surface area contributed by atoms with Crippen LogP contribution in [0.15, 0.2) is 59.1 Å². The number of likely N-dealkylation sites (tertiary alicyclic amines) is 2. The highest BCUT2D eigenvalue weighted by Gasteiger charge is 2.54. The lowest BCUT2D eigenvalue weighted by Crippen LogP contribution is -2.54.